The summed E-state index contributed by atoms with van der Waals surface area (Å²) in [5, 5.41) is 44.5. The van der Waals surface area contributed by atoms with Crippen LogP contribution in [-0.2, 0) is 0 Å². The Morgan fingerprint density at radius 1 is 1.00 bits per heavy atom. The Labute approximate surface area is 176 Å². The van der Waals surface area contributed by atoms with Crippen molar-refractivity contribution in [1.82, 2.24) is 0 Å². The zero-order valence-corrected chi connectivity index (χ0v) is 17.9. The summed E-state index contributed by atoms with van der Waals surface area (Å²) in [7, 11) is 0. The average molecular weight is 419 g/mol. The predicted octanol–water partition coefficient (Wildman–Crippen LogP) is 2.53. The van der Waals surface area contributed by atoms with Crippen LogP contribution in [0.1, 0.15) is 76.7 Å². The van der Waals surface area contributed by atoms with E-state index in [1.807, 2.05) is 13.0 Å². The van der Waals surface area contributed by atoms with Crippen molar-refractivity contribution >= 4 is 0 Å². The minimum atomic E-state index is -1.93. The Bertz CT molecular complexity index is 873. The largest absolute Gasteiger partial charge is 0.431 e. The van der Waals surface area contributed by atoms with E-state index >= 15 is 0 Å². The first kappa shape index (κ1) is 20.7. The van der Waals surface area contributed by atoms with Gasteiger partial charge in [0.25, 0.3) is 0 Å². The molecule has 4 fully saturated rings. The van der Waals surface area contributed by atoms with Gasteiger partial charge in [0.2, 0.25) is 0 Å². The molecule has 30 heavy (non-hydrogen) atoms. The monoisotopic (exact) mass is 418 g/mol. The molecule has 4 saturated carbocycles. The molecule has 6 heteroatoms. The van der Waals surface area contributed by atoms with Gasteiger partial charge in [0.15, 0.2) is 5.79 Å². The highest BCUT2D eigenvalue weighted by Crippen LogP contribution is 2.71. The zero-order valence-electron chi connectivity index (χ0n) is 17.9. The SMILES string of the molecule is C[C@]12[C@H](CC[C@@H]3[C@@H]1CC[C@]1(C)[C@@H](c4ccc(=O)oc4)CC[C@]31O)C[C@@H](O)CC2(O)O. The van der Waals surface area contributed by atoms with Gasteiger partial charge in [0.05, 0.1) is 18.0 Å². The van der Waals surface area contributed by atoms with Crippen LogP contribution in [-0.4, -0.2) is 37.9 Å². The first-order valence-electron chi connectivity index (χ1n) is 11.5. The average Bonchev–Trinajstić information content (AvgIpc) is 2.95. The molecule has 4 N–H and O–H groups in total. The summed E-state index contributed by atoms with van der Waals surface area (Å²) >= 11 is 0. The van der Waals surface area contributed by atoms with Crippen molar-refractivity contribution in [2.45, 2.75) is 88.6 Å². The Hall–Kier alpha value is -1.21. The van der Waals surface area contributed by atoms with Gasteiger partial charge in [0, 0.05) is 23.3 Å². The van der Waals surface area contributed by atoms with Gasteiger partial charge >= 0.3 is 5.63 Å². The molecule has 0 amide bonds. The number of hydrogen-bond donors (Lipinski definition) is 4. The summed E-state index contributed by atoms with van der Waals surface area (Å²) in [5.74, 6) is -1.77. The fourth-order valence-electron chi connectivity index (χ4n) is 8.45. The van der Waals surface area contributed by atoms with E-state index in [9.17, 15) is 25.2 Å². The smallest absolute Gasteiger partial charge is 0.335 e. The van der Waals surface area contributed by atoms with E-state index in [0.717, 1.165) is 37.7 Å². The molecule has 1 aromatic heterocycles. The molecule has 4 aliphatic rings. The standard InChI is InChI=1S/C24H34O6/c1-21-9-7-18-19(5-4-15-11-16(25)12-24(28,29)22(15,18)2)23(21,27)10-8-17(21)14-3-6-20(26)30-13-14/h3,6,13,15-19,25,27-29H,4-5,7-12H2,1-2H3/t15-,16-,17-,18+,19-,21-,22+,23+/m1/s1. The minimum absolute atomic E-state index is 0.00396. The summed E-state index contributed by atoms with van der Waals surface area (Å²) in [6, 6.07) is 3.28. The molecule has 0 aliphatic heterocycles. The van der Waals surface area contributed by atoms with Crippen molar-refractivity contribution < 1.29 is 24.8 Å². The molecule has 0 spiro atoms. The van der Waals surface area contributed by atoms with Gasteiger partial charge < -0.3 is 24.8 Å². The molecule has 1 aromatic rings. The molecular weight excluding hydrogens is 384 g/mol. The third-order valence-electron chi connectivity index (χ3n) is 10.2. The van der Waals surface area contributed by atoms with Gasteiger partial charge in [-0.2, -0.15) is 0 Å². The molecular formula is C24H34O6. The second-order valence-corrected chi connectivity index (χ2v) is 11.0. The Balaban J connectivity index is 1.52. The Morgan fingerprint density at radius 2 is 1.77 bits per heavy atom. The molecule has 0 radical (unpaired) electrons. The molecule has 166 valence electrons. The number of aliphatic hydroxyl groups excluding tert-OH is 1. The zero-order chi connectivity index (χ0) is 21.5. The molecule has 1 heterocycles. The van der Waals surface area contributed by atoms with Crippen LogP contribution in [0.25, 0.3) is 0 Å². The normalized spacial score (nSPS) is 49.7. The van der Waals surface area contributed by atoms with Crippen molar-refractivity contribution in [2.24, 2.45) is 28.6 Å². The summed E-state index contributed by atoms with van der Waals surface area (Å²) in [6.07, 6.45) is 6.18. The number of hydrogen-bond acceptors (Lipinski definition) is 6. The van der Waals surface area contributed by atoms with Crippen molar-refractivity contribution in [2.75, 3.05) is 0 Å². The van der Waals surface area contributed by atoms with Crippen LogP contribution in [0.4, 0.5) is 0 Å². The second kappa shape index (κ2) is 6.41. The van der Waals surface area contributed by atoms with Crippen LogP contribution >= 0.6 is 0 Å². The summed E-state index contributed by atoms with van der Waals surface area (Å²) in [4.78, 5) is 11.4. The van der Waals surface area contributed by atoms with Crippen LogP contribution < -0.4 is 5.63 Å². The van der Waals surface area contributed by atoms with Gasteiger partial charge in [-0.25, -0.2) is 4.79 Å². The van der Waals surface area contributed by atoms with E-state index in [0.29, 0.717) is 12.8 Å². The van der Waals surface area contributed by atoms with Crippen LogP contribution in [0.2, 0.25) is 0 Å². The van der Waals surface area contributed by atoms with Crippen LogP contribution in [0.5, 0.6) is 0 Å². The lowest BCUT2D eigenvalue weighted by molar-refractivity contribution is -0.334. The van der Waals surface area contributed by atoms with Gasteiger partial charge in [-0.15, -0.1) is 0 Å². The maximum Gasteiger partial charge on any atom is 0.335 e. The van der Waals surface area contributed by atoms with E-state index in [1.54, 1.807) is 6.26 Å². The van der Waals surface area contributed by atoms with Crippen molar-refractivity contribution in [3.05, 3.63) is 34.4 Å². The molecule has 0 saturated heterocycles. The van der Waals surface area contributed by atoms with E-state index in [4.69, 9.17) is 4.42 Å². The van der Waals surface area contributed by atoms with E-state index in [-0.39, 0.29) is 41.1 Å². The summed E-state index contributed by atoms with van der Waals surface area (Å²) < 4.78 is 5.13. The molecule has 0 bridgehead atoms. The van der Waals surface area contributed by atoms with Crippen molar-refractivity contribution in [1.29, 1.82) is 0 Å². The van der Waals surface area contributed by atoms with Gasteiger partial charge in [-0.3, -0.25) is 0 Å². The molecule has 0 unspecified atom stereocenters. The summed E-state index contributed by atoms with van der Waals surface area (Å²) in [5.41, 5.74) is -1.38. The highest BCUT2D eigenvalue weighted by atomic mass is 16.5. The molecule has 5 rings (SSSR count). The van der Waals surface area contributed by atoms with Crippen LogP contribution in [0, 0.1) is 28.6 Å². The number of rotatable bonds is 1. The number of fused-ring (bicyclic) bond motifs is 5. The van der Waals surface area contributed by atoms with Crippen molar-refractivity contribution in [3.63, 3.8) is 0 Å². The Kier molecular flexibility index (Phi) is 4.42. The topological polar surface area (TPSA) is 111 Å². The molecule has 8 atom stereocenters. The lowest BCUT2D eigenvalue weighted by Crippen LogP contribution is -2.68. The first-order chi connectivity index (χ1) is 14.0. The van der Waals surface area contributed by atoms with E-state index < -0.39 is 22.9 Å². The maximum absolute atomic E-state index is 12.2. The highest BCUT2D eigenvalue weighted by molar-refractivity contribution is 5.27. The highest BCUT2D eigenvalue weighted by Gasteiger charge is 2.71. The Morgan fingerprint density at radius 3 is 2.47 bits per heavy atom. The molecule has 0 aromatic carbocycles. The minimum Gasteiger partial charge on any atom is -0.431 e. The van der Waals surface area contributed by atoms with Crippen LogP contribution in [0.3, 0.4) is 0 Å². The second-order valence-electron chi connectivity index (χ2n) is 11.0. The van der Waals surface area contributed by atoms with E-state index in [2.05, 4.69) is 6.92 Å². The first-order valence-corrected chi connectivity index (χ1v) is 11.5. The quantitative estimate of drug-likeness (QED) is 0.522. The fraction of sp³-hybridized carbons (Fsp3) is 0.792. The van der Waals surface area contributed by atoms with E-state index in [1.165, 1.54) is 6.07 Å². The fourth-order valence-corrected chi connectivity index (χ4v) is 8.45. The maximum atomic E-state index is 12.2. The lowest BCUT2D eigenvalue weighted by atomic mass is 9.42. The summed E-state index contributed by atoms with van der Waals surface area (Å²) in [6.45, 7) is 4.14. The third-order valence-corrected chi connectivity index (χ3v) is 10.2. The van der Waals surface area contributed by atoms with Crippen LogP contribution in [0.15, 0.2) is 27.6 Å². The van der Waals surface area contributed by atoms with Gasteiger partial charge in [0.1, 0.15) is 0 Å². The number of aliphatic hydroxyl groups is 4. The van der Waals surface area contributed by atoms with Gasteiger partial charge in [-0.1, -0.05) is 13.8 Å². The van der Waals surface area contributed by atoms with Crippen molar-refractivity contribution in [3.8, 4) is 0 Å². The lowest BCUT2D eigenvalue weighted by Gasteiger charge is -2.66. The third kappa shape index (κ3) is 2.48. The molecule has 6 nitrogen and oxygen atoms in total. The van der Waals surface area contributed by atoms with Gasteiger partial charge in [-0.05, 0) is 80.2 Å². The predicted molar refractivity (Wildman–Crippen MR) is 109 cm³/mol. The molecule has 4 aliphatic carbocycles.